The molecule has 0 spiro atoms. The molecule has 1 amide bonds. The number of rotatable bonds is 8. The SMILES string of the molecule is COc1ccc(COc2ccc(NC(=O)C(C)(C)Oc3ccc(Cl)cc3)cc2)cc1. The van der Waals surface area contributed by atoms with Crippen molar-refractivity contribution in [3.05, 3.63) is 83.4 Å². The zero-order chi connectivity index (χ0) is 21.6. The van der Waals surface area contributed by atoms with Crippen LogP contribution in [0.4, 0.5) is 5.69 Å². The first kappa shape index (κ1) is 21.5. The summed E-state index contributed by atoms with van der Waals surface area (Å²) in [5.74, 6) is 1.83. The lowest BCUT2D eigenvalue weighted by Crippen LogP contribution is -2.42. The number of halogens is 1. The van der Waals surface area contributed by atoms with E-state index in [1.807, 2.05) is 36.4 Å². The molecule has 0 aromatic heterocycles. The average molecular weight is 426 g/mol. The molecule has 6 heteroatoms. The van der Waals surface area contributed by atoms with E-state index < -0.39 is 5.60 Å². The molecule has 0 aliphatic carbocycles. The Kier molecular flexibility index (Phi) is 6.85. The largest absolute Gasteiger partial charge is 0.497 e. The van der Waals surface area contributed by atoms with Gasteiger partial charge in [0.2, 0.25) is 0 Å². The lowest BCUT2D eigenvalue weighted by Gasteiger charge is -2.25. The number of nitrogens with one attached hydrogen (secondary N) is 1. The summed E-state index contributed by atoms with van der Waals surface area (Å²) in [5, 5.41) is 3.48. The zero-order valence-corrected chi connectivity index (χ0v) is 17.9. The van der Waals surface area contributed by atoms with E-state index in [9.17, 15) is 4.79 Å². The van der Waals surface area contributed by atoms with Gasteiger partial charge in [-0.2, -0.15) is 0 Å². The summed E-state index contributed by atoms with van der Waals surface area (Å²) in [5.41, 5.74) is 0.635. The number of hydrogen-bond donors (Lipinski definition) is 1. The highest BCUT2D eigenvalue weighted by Crippen LogP contribution is 2.23. The minimum absolute atomic E-state index is 0.260. The molecular formula is C24H24ClNO4. The van der Waals surface area contributed by atoms with E-state index in [1.165, 1.54) is 0 Å². The molecule has 0 saturated heterocycles. The van der Waals surface area contributed by atoms with E-state index in [4.69, 9.17) is 25.8 Å². The van der Waals surface area contributed by atoms with Crippen LogP contribution in [0.1, 0.15) is 19.4 Å². The van der Waals surface area contributed by atoms with Crippen LogP contribution in [0.2, 0.25) is 5.02 Å². The Labute approximate surface area is 181 Å². The van der Waals surface area contributed by atoms with E-state index in [1.54, 1.807) is 57.4 Å². The first-order valence-corrected chi connectivity index (χ1v) is 9.85. The number of benzene rings is 3. The molecular weight excluding hydrogens is 402 g/mol. The Hall–Kier alpha value is -3.18. The van der Waals surface area contributed by atoms with Gasteiger partial charge in [0.25, 0.3) is 5.91 Å². The highest BCUT2D eigenvalue weighted by atomic mass is 35.5. The van der Waals surface area contributed by atoms with E-state index in [0.29, 0.717) is 28.8 Å². The Morgan fingerprint density at radius 2 is 1.43 bits per heavy atom. The molecule has 0 unspecified atom stereocenters. The second kappa shape index (κ2) is 9.55. The summed E-state index contributed by atoms with van der Waals surface area (Å²) >= 11 is 5.88. The zero-order valence-electron chi connectivity index (χ0n) is 17.1. The van der Waals surface area contributed by atoms with Crippen molar-refractivity contribution in [2.45, 2.75) is 26.1 Å². The molecule has 0 radical (unpaired) electrons. The Morgan fingerprint density at radius 3 is 2.03 bits per heavy atom. The normalized spacial score (nSPS) is 10.9. The van der Waals surface area contributed by atoms with Crippen LogP contribution in [0.3, 0.4) is 0 Å². The molecule has 0 atom stereocenters. The lowest BCUT2D eigenvalue weighted by molar-refractivity contribution is -0.128. The third kappa shape index (κ3) is 5.91. The van der Waals surface area contributed by atoms with Gasteiger partial charge in [0.15, 0.2) is 5.60 Å². The topological polar surface area (TPSA) is 56.8 Å². The van der Waals surface area contributed by atoms with E-state index >= 15 is 0 Å². The van der Waals surface area contributed by atoms with Gasteiger partial charge in [0, 0.05) is 10.7 Å². The summed E-state index contributed by atoms with van der Waals surface area (Å²) in [6, 6.07) is 21.8. The van der Waals surface area contributed by atoms with Gasteiger partial charge in [0.05, 0.1) is 7.11 Å². The van der Waals surface area contributed by atoms with Crippen molar-refractivity contribution in [3.8, 4) is 17.2 Å². The van der Waals surface area contributed by atoms with Crippen LogP contribution in [-0.4, -0.2) is 18.6 Å². The third-order valence-corrected chi connectivity index (χ3v) is 4.66. The third-order valence-electron chi connectivity index (χ3n) is 4.41. The van der Waals surface area contributed by atoms with Crippen LogP contribution in [0.15, 0.2) is 72.8 Å². The second-order valence-electron chi connectivity index (χ2n) is 7.18. The fourth-order valence-electron chi connectivity index (χ4n) is 2.65. The molecule has 5 nitrogen and oxygen atoms in total. The smallest absolute Gasteiger partial charge is 0.267 e. The molecule has 0 aliphatic rings. The van der Waals surface area contributed by atoms with Crippen molar-refractivity contribution in [1.82, 2.24) is 0 Å². The highest BCUT2D eigenvalue weighted by molar-refractivity contribution is 6.30. The number of carbonyl (C=O) groups excluding carboxylic acids is 1. The van der Waals surface area contributed by atoms with Crippen LogP contribution in [0.5, 0.6) is 17.2 Å². The molecule has 0 bridgehead atoms. The van der Waals surface area contributed by atoms with Gasteiger partial charge in [-0.15, -0.1) is 0 Å². The number of amides is 1. The maximum Gasteiger partial charge on any atom is 0.267 e. The van der Waals surface area contributed by atoms with Gasteiger partial charge in [-0.05, 0) is 80.1 Å². The van der Waals surface area contributed by atoms with Gasteiger partial charge in [0.1, 0.15) is 23.9 Å². The molecule has 30 heavy (non-hydrogen) atoms. The van der Waals surface area contributed by atoms with Crippen molar-refractivity contribution in [2.24, 2.45) is 0 Å². The van der Waals surface area contributed by atoms with Crippen molar-refractivity contribution in [2.75, 3.05) is 12.4 Å². The molecule has 0 saturated carbocycles. The van der Waals surface area contributed by atoms with E-state index in [-0.39, 0.29) is 5.91 Å². The van der Waals surface area contributed by atoms with Crippen molar-refractivity contribution in [1.29, 1.82) is 0 Å². The van der Waals surface area contributed by atoms with Gasteiger partial charge in [-0.25, -0.2) is 0 Å². The molecule has 156 valence electrons. The minimum Gasteiger partial charge on any atom is -0.497 e. The lowest BCUT2D eigenvalue weighted by atomic mass is 10.1. The fraction of sp³-hybridized carbons (Fsp3) is 0.208. The summed E-state index contributed by atoms with van der Waals surface area (Å²) in [6.45, 7) is 3.87. The first-order chi connectivity index (χ1) is 14.4. The first-order valence-electron chi connectivity index (χ1n) is 9.47. The van der Waals surface area contributed by atoms with Crippen molar-refractivity contribution in [3.63, 3.8) is 0 Å². The summed E-state index contributed by atoms with van der Waals surface area (Å²) in [4.78, 5) is 12.6. The number of methoxy groups -OCH3 is 1. The monoisotopic (exact) mass is 425 g/mol. The number of anilines is 1. The highest BCUT2D eigenvalue weighted by Gasteiger charge is 2.30. The molecule has 0 fully saturated rings. The molecule has 3 aromatic rings. The van der Waals surface area contributed by atoms with Crippen LogP contribution in [0, 0.1) is 0 Å². The van der Waals surface area contributed by atoms with Gasteiger partial charge in [-0.1, -0.05) is 23.7 Å². The molecule has 3 aromatic carbocycles. The Bertz CT molecular complexity index is 968. The molecule has 0 aliphatic heterocycles. The molecule has 1 N–H and O–H groups in total. The molecule has 0 heterocycles. The predicted octanol–water partition coefficient (Wildman–Crippen LogP) is 5.72. The second-order valence-corrected chi connectivity index (χ2v) is 7.62. The standard InChI is InChI=1S/C24H24ClNO4/c1-24(2,30-22-12-6-18(25)7-13-22)23(27)26-19-8-14-21(15-9-19)29-16-17-4-10-20(28-3)11-5-17/h4-15H,16H2,1-3H3,(H,26,27). The Morgan fingerprint density at radius 1 is 0.867 bits per heavy atom. The van der Waals surface area contributed by atoms with E-state index in [0.717, 1.165) is 11.3 Å². The van der Waals surface area contributed by atoms with Crippen molar-refractivity contribution < 1.29 is 19.0 Å². The maximum atomic E-state index is 12.6. The van der Waals surface area contributed by atoms with Crippen LogP contribution in [0.25, 0.3) is 0 Å². The quantitative estimate of drug-likeness (QED) is 0.501. The molecule has 3 rings (SSSR count). The van der Waals surface area contributed by atoms with Gasteiger partial charge >= 0.3 is 0 Å². The minimum atomic E-state index is -1.06. The number of carbonyl (C=O) groups is 1. The summed E-state index contributed by atoms with van der Waals surface area (Å²) < 4.78 is 16.8. The van der Waals surface area contributed by atoms with Crippen molar-refractivity contribution >= 4 is 23.2 Å². The summed E-state index contributed by atoms with van der Waals surface area (Å²) in [6.07, 6.45) is 0. The summed E-state index contributed by atoms with van der Waals surface area (Å²) in [7, 11) is 1.64. The van der Waals surface area contributed by atoms with Crippen LogP contribution < -0.4 is 19.5 Å². The van der Waals surface area contributed by atoms with Gasteiger partial charge in [-0.3, -0.25) is 4.79 Å². The average Bonchev–Trinajstić information content (AvgIpc) is 2.75. The van der Waals surface area contributed by atoms with Gasteiger partial charge < -0.3 is 19.5 Å². The van der Waals surface area contributed by atoms with E-state index in [2.05, 4.69) is 5.32 Å². The number of hydrogen-bond acceptors (Lipinski definition) is 4. The number of ether oxygens (including phenoxy) is 3. The predicted molar refractivity (Wildman–Crippen MR) is 119 cm³/mol. The fourth-order valence-corrected chi connectivity index (χ4v) is 2.77. The van der Waals surface area contributed by atoms with Crippen LogP contribution >= 0.6 is 11.6 Å². The maximum absolute atomic E-state index is 12.6. The Balaban J connectivity index is 1.54. The van der Waals surface area contributed by atoms with Crippen LogP contribution in [-0.2, 0) is 11.4 Å².